The van der Waals surface area contributed by atoms with E-state index >= 15 is 0 Å². The van der Waals surface area contributed by atoms with Crippen LogP contribution in [0.4, 0.5) is 0 Å². The summed E-state index contributed by atoms with van der Waals surface area (Å²) in [6.07, 6.45) is 3.28. The Morgan fingerprint density at radius 3 is 2.35 bits per heavy atom. The Kier molecular flexibility index (Phi) is 5.96. The predicted molar refractivity (Wildman–Crippen MR) is 73.5 cm³/mol. The summed E-state index contributed by atoms with van der Waals surface area (Å²) < 4.78 is 5.37. The molecular weight excluding hydrogens is 234 g/mol. The molecule has 0 unspecified atom stereocenters. The van der Waals surface area contributed by atoms with Crippen LogP contribution >= 0.6 is 12.4 Å². The second kappa shape index (κ2) is 7.00. The minimum Gasteiger partial charge on any atom is -0.381 e. The van der Waals surface area contributed by atoms with E-state index in [0.29, 0.717) is 5.92 Å². The van der Waals surface area contributed by atoms with Crippen molar-refractivity contribution in [2.45, 2.75) is 32.2 Å². The van der Waals surface area contributed by atoms with Crippen molar-refractivity contribution in [3.8, 4) is 0 Å². The van der Waals surface area contributed by atoms with E-state index in [9.17, 15) is 0 Å². The molecule has 1 aromatic carbocycles. The van der Waals surface area contributed by atoms with Crippen LogP contribution < -0.4 is 5.73 Å². The maximum absolute atomic E-state index is 6.31. The van der Waals surface area contributed by atoms with Crippen LogP contribution in [0.1, 0.15) is 36.9 Å². The van der Waals surface area contributed by atoms with Crippen molar-refractivity contribution >= 4 is 12.4 Å². The van der Waals surface area contributed by atoms with Gasteiger partial charge in [0.2, 0.25) is 0 Å². The van der Waals surface area contributed by atoms with E-state index in [2.05, 4.69) is 31.2 Å². The van der Waals surface area contributed by atoms with Crippen LogP contribution in [0.5, 0.6) is 0 Å². The molecule has 17 heavy (non-hydrogen) atoms. The molecule has 96 valence electrons. The van der Waals surface area contributed by atoms with Crippen LogP contribution in [0.3, 0.4) is 0 Å². The van der Waals surface area contributed by atoms with Gasteiger partial charge in [0.15, 0.2) is 0 Å². The Hall–Kier alpha value is -0.570. The molecule has 0 bridgehead atoms. The van der Waals surface area contributed by atoms with Gasteiger partial charge in [0.1, 0.15) is 0 Å². The largest absolute Gasteiger partial charge is 0.381 e. The minimum atomic E-state index is 0. The molecule has 0 amide bonds. The Labute approximate surface area is 110 Å². The van der Waals surface area contributed by atoms with Gasteiger partial charge in [-0.3, -0.25) is 0 Å². The van der Waals surface area contributed by atoms with Crippen LogP contribution in [-0.2, 0) is 11.2 Å². The van der Waals surface area contributed by atoms with E-state index in [0.717, 1.165) is 32.5 Å². The van der Waals surface area contributed by atoms with Crippen LogP contribution in [0.2, 0.25) is 0 Å². The van der Waals surface area contributed by atoms with Crippen molar-refractivity contribution < 1.29 is 4.74 Å². The van der Waals surface area contributed by atoms with Crippen LogP contribution in [0.25, 0.3) is 0 Å². The molecule has 0 spiro atoms. The first-order chi connectivity index (χ1) is 7.81. The highest BCUT2D eigenvalue weighted by Gasteiger charge is 2.21. The second-order valence-corrected chi connectivity index (χ2v) is 4.57. The number of benzene rings is 1. The van der Waals surface area contributed by atoms with Gasteiger partial charge in [-0.15, -0.1) is 12.4 Å². The Morgan fingerprint density at radius 2 is 1.82 bits per heavy atom. The first-order valence-corrected chi connectivity index (χ1v) is 6.23. The monoisotopic (exact) mass is 255 g/mol. The number of nitrogens with two attached hydrogens (primary N) is 1. The first kappa shape index (κ1) is 14.5. The molecular formula is C14H22ClNO. The highest BCUT2D eigenvalue weighted by molar-refractivity contribution is 5.85. The molecule has 0 saturated carbocycles. The van der Waals surface area contributed by atoms with Crippen molar-refractivity contribution in [3.05, 3.63) is 35.4 Å². The molecule has 0 aliphatic carbocycles. The molecule has 3 heteroatoms. The normalized spacial score (nSPS) is 18.5. The van der Waals surface area contributed by atoms with Crippen molar-refractivity contribution in [1.29, 1.82) is 0 Å². The van der Waals surface area contributed by atoms with Crippen molar-refractivity contribution in [3.63, 3.8) is 0 Å². The Morgan fingerprint density at radius 1 is 1.24 bits per heavy atom. The average Bonchev–Trinajstić information content (AvgIpc) is 2.39. The number of halogens is 1. The van der Waals surface area contributed by atoms with Crippen molar-refractivity contribution in [2.24, 2.45) is 11.7 Å². The van der Waals surface area contributed by atoms with Crippen molar-refractivity contribution in [1.82, 2.24) is 0 Å². The SMILES string of the molecule is CCc1ccc([C@@H](N)C2CCOCC2)cc1.Cl. The summed E-state index contributed by atoms with van der Waals surface area (Å²) in [6.45, 7) is 3.91. The van der Waals surface area contributed by atoms with Gasteiger partial charge in [0, 0.05) is 19.3 Å². The summed E-state index contributed by atoms with van der Waals surface area (Å²) in [4.78, 5) is 0. The fourth-order valence-corrected chi connectivity index (χ4v) is 2.32. The van der Waals surface area contributed by atoms with Gasteiger partial charge in [0.05, 0.1) is 0 Å². The second-order valence-electron chi connectivity index (χ2n) is 4.57. The maximum Gasteiger partial charge on any atom is 0.0469 e. The molecule has 1 heterocycles. The summed E-state index contributed by atoms with van der Waals surface area (Å²) in [5, 5.41) is 0. The molecule has 1 aliphatic rings. The number of hydrogen-bond donors (Lipinski definition) is 1. The van der Waals surface area contributed by atoms with Crippen LogP contribution in [0.15, 0.2) is 24.3 Å². The van der Waals surface area contributed by atoms with Gasteiger partial charge in [-0.05, 0) is 36.3 Å². The van der Waals surface area contributed by atoms with Gasteiger partial charge in [0.25, 0.3) is 0 Å². The average molecular weight is 256 g/mol. The van der Waals surface area contributed by atoms with E-state index in [1.807, 2.05) is 0 Å². The molecule has 2 nitrogen and oxygen atoms in total. The van der Waals surface area contributed by atoms with Gasteiger partial charge in [-0.2, -0.15) is 0 Å². The maximum atomic E-state index is 6.31. The number of hydrogen-bond acceptors (Lipinski definition) is 2. The summed E-state index contributed by atoms with van der Waals surface area (Å²) >= 11 is 0. The summed E-state index contributed by atoms with van der Waals surface area (Å²) in [7, 11) is 0. The van der Waals surface area contributed by atoms with Crippen molar-refractivity contribution in [2.75, 3.05) is 13.2 Å². The van der Waals surface area contributed by atoms with Gasteiger partial charge >= 0.3 is 0 Å². The number of rotatable bonds is 3. The Bertz CT molecular complexity index is 319. The predicted octanol–water partition coefficient (Wildman–Crippen LogP) is 3.10. The lowest BCUT2D eigenvalue weighted by molar-refractivity contribution is 0.0584. The topological polar surface area (TPSA) is 35.2 Å². The number of ether oxygens (including phenoxy) is 1. The van der Waals surface area contributed by atoms with E-state index in [-0.39, 0.29) is 18.4 Å². The molecule has 0 aromatic heterocycles. The fraction of sp³-hybridized carbons (Fsp3) is 0.571. The van der Waals surface area contributed by atoms with Crippen LogP contribution in [0, 0.1) is 5.92 Å². The zero-order chi connectivity index (χ0) is 11.4. The standard InChI is InChI=1S/C14H21NO.ClH/c1-2-11-3-5-12(6-4-11)14(15)13-7-9-16-10-8-13;/h3-6,13-14H,2,7-10,15H2,1H3;1H/t14-;/m1./s1. The van der Waals surface area contributed by atoms with Gasteiger partial charge in [-0.1, -0.05) is 31.2 Å². The van der Waals surface area contributed by atoms with Crippen LogP contribution in [-0.4, -0.2) is 13.2 Å². The smallest absolute Gasteiger partial charge is 0.0469 e. The lowest BCUT2D eigenvalue weighted by Crippen LogP contribution is -2.27. The molecule has 1 atom stereocenters. The lowest BCUT2D eigenvalue weighted by atomic mass is 9.87. The molecule has 2 N–H and O–H groups in total. The Balaban J connectivity index is 0.00000144. The van der Waals surface area contributed by atoms with Gasteiger partial charge in [-0.25, -0.2) is 0 Å². The highest BCUT2D eigenvalue weighted by atomic mass is 35.5. The third kappa shape index (κ3) is 3.70. The van der Waals surface area contributed by atoms with E-state index in [1.54, 1.807) is 0 Å². The molecule has 1 fully saturated rings. The first-order valence-electron chi connectivity index (χ1n) is 6.23. The zero-order valence-electron chi connectivity index (χ0n) is 10.4. The van der Waals surface area contributed by atoms with Gasteiger partial charge < -0.3 is 10.5 Å². The number of aryl methyl sites for hydroxylation is 1. The fourth-order valence-electron chi connectivity index (χ4n) is 2.32. The lowest BCUT2D eigenvalue weighted by Gasteiger charge is -2.27. The third-order valence-electron chi connectivity index (χ3n) is 3.55. The molecule has 0 radical (unpaired) electrons. The summed E-state index contributed by atoms with van der Waals surface area (Å²) in [6, 6.07) is 8.91. The highest BCUT2D eigenvalue weighted by Crippen LogP contribution is 2.28. The zero-order valence-corrected chi connectivity index (χ0v) is 11.2. The van der Waals surface area contributed by atoms with E-state index in [4.69, 9.17) is 10.5 Å². The summed E-state index contributed by atoms with van der Waals surface area (Å²) in [5.41, 5.74) is 8.95. The molecule has 1 saturated heterocycles. The quantitative estimate of drug-likeness (QED) is 0.901. The molecule has 1 aromatic rings. The summed E-state index contributed by atoms with van der Waals surface area (Å²) in [5.74, 6) is 0.584. The molecule has 1 aliphatic heterocycles. The van der Waals surface area contributed by atoms with E-state index < -0.39 is 0 Å². The third-order valence-corrected chi connectivity index (χ3v) is 3.55. The molecule has 2 rings (SSSR count). The van der Waals surface area contributed by atoms with E-state index in [1.165, 1.54) is 11.1 Å². The minimum absolute atomic E-state index is 0.